The first kappa shape index (κ1) is 20.9. The highest BCUT2D eigenvalue weighted by Crippen LogP contribution is 2.56. The molecule has 0 radical (unpaired) electrons. The number of aliphatic hydroxyl groups is 1. The van der Waals surface area contributed by atoms with Crippen LogP contribution in [0.5, 0.6) is 0 Å². The molecule has 3 heteroatoms. The minimum Gasteiger partial charge on any atom is -0.660 e. The molecule has 0 bridgehead atoms. The molecular formula is C22H40N2O-2. The molecule has 2 aliphatic rings. The van der Waals surface area contributed by atoms with Crippen molar-refractivity contribution in [1.29, 1.82) is 0 Å². The molecule has 146 valence electrons. The second-order valence-corrected chi connectivity index (χ2v) is 9.40. The van der Waals surface area contributed by atoms with Gasteiger partial charge in [0.2, 0.25) is 0 Å². The van der Waals surface area contributed by atoms with Crippen molar-refractivity contribution in [3.63, 3.8) is 0 Å². The number of hydrogen-bond acceptors (Lipinski definition) is 1. The van der Waals surface area contributed by atoms with Gasteiger partial charge in [-0.1, -0.05) is 50.2 Å². The van der Waals surface area contributed by atoms with Crippen LogP contribution < -0.4 is 0 Å². The Morgan fingerprint density at radius 1 is 1.20 bits per heavy atom. The zero-order valence-electron chi connectivity index (χ0n) is 17.5. The van der Waals surface area contributed by atoms with Crippen LogP contribution in [0.3, 0.4) is 0 Å². The van der Waals surface area contributed by atoms with Crippen LogP contribution in [0.25, 0.3) is 10.6 Å². The van der Waals surface area contributed by atoms with Gasteiger partial charge in [0.1, 0.15) is 0 Å². The van der Waals surface area contributed by atoms with Crippen LogP contribution in [0.2, 0.25) is 0 Å². The predicted molar refractivity (Wildman–Crippen MR) is 108 cm³/mol. The molecule has 2 saturated carbocycles. The molecule has 2 rings (SSSR count). The molecule has 2 aliphatic carbocycles. The summed E-state index contributed by atoms with van der Waals surface area (Å²) in [6, 6.07) is 0.0449. The second kappa shape index (κ2) is 8.10. The summed E-state index contributed by atoms with van der Waals surface area (Å²) in [5.41, 5.74) is 0.799. The summed E-state index contributed by atoms with van der Waals surface area (Å²) in [4.78, 5) is 0. The molecule has 0 aromatic carbocycles. The average molecular weight is 349 g/mol. The standard InChI is InChI=1S/C22H40N2O/c1-15(2)9-8-10-16(3)17-11-13-21(4,24-7)18-12-14-22(5,25)20(23-6)19(17)18/h9,16-20,25H,8,10-14H2,1-7H3/q-2/t16?,17-,18+,19-,20-,21+,22-/m1/s1. The number of fused-ring (bicyclic) bond motifs is 1. The zero-order valence-corrected chi connectivity index (χ0v) is 17.5. The van der Waals surface area contributed by atoms with Crippen LogP contribution in [-0.4, -0.2) is 36.4 Å². The van der Waals surface area contributed by atoms with Crippen molar-refractivity contribution < 1.29 is 5.11 Å². The van der Waals surface area contributed by atoms with Crippen molar-refractivity contribution in [2.75, 3.05) is 14.1 Å². The fourth-order valence-corrected chi connectivity index (χ4v) is 5.76. The topological polar surface area (TPSA) is 48.4 Å². The number of nitrogens with zero attached hydrogens (tertiary/aromatic N) is 2. The molecule has 0 amide bonds. The lowest BCUT2D eigenvalue weighted by Crippen LogP contribution is -2.60. The maximum Gasteiger partial charge on any atom is 0.0463 e. The Kier molecular flexibility index (Phi) is 6.78. The molecule has 0 heterocycles. The Labute approximate surface area is 156 Å². The first-order chi connectivity index (χ1) is 11.7. The molecule has 0 aliphatic heterocycles. The van der Waals surface area contributed by atoms with E-state index in [1.807, 2.05) is 21.0 Å². The van der Waals surface area contributed by atoms with E-state index in [9.17, 15) is 5.11 Å². The molecule has 2 fully saturated rings. The van der Waals surface area contributed by atoms with Gasteiger partial charge in [-0.15, -0.1) is 11.6 Å². The first-order valence-corrected chi connectivity index (χ1v) is 10.2. The summed E-state index contributed by atoms with van der Waals surface area (Å²) in [7, 11) is 3.89. The van der Waals surface area contributed by atoms with Crippen LogP contribution in [0.15, 0.2) is 11.6 Å². The van der Waals surface area contributed by atoms with Gasteiger partial charge < -0.3 is 15.7 Å². The van der Waals surface area contributed by atoms with E-state index in [-0.39, 0.29) is 11.6 Å². The van der Waals surface area contributed by atoms with Gasteiger partial charge in [-0.3, -0.25) is 0 Å². The summed E-state index contributed by atoms with van der Waals surface area (Å²) in [6.07, 6.45) is 9.08. The van der Waals surface area contributed by atoms with Gasteiger partial charge in [0, 0.05) is 5.60 Å². The first-order valence-electron chi connectivity index (χ1n) is 10.2. The molecule has 25 heavy (non-hydrogen) atoms. The van der Waals surface area contributed by atoms with E-state index < -0.39 is 5.60 Å². The van der Waals surface area contributed by atoms with Gasteiger partial charge in [-0.05, 0) is 58.3 Å². The van der Waals surface area contributed by atoms with Gasteiger partial charge in [-0.2, -0.15) is 14.1 Å². The average Bonchev–Trinajstić information content (AvgIpc) is 2.53. The molecule has 1 N–H and O–H groups in total. The predicted octanol–water partition coefficient (Wildman–Crippen LogP) is 5.69. The molecule has 3 nitrogen and oxygen atoms in total. The highest BCUT2D eigenvalue weighted by molar-refractivity contribution is 5.20. The van der Waals surface area contributed by atoms with Gasteiger partial charge in [0.15, 0.2) is 0 Å². The third kappa shape index (κ3) is 4.31. The summed E-state index contributed by atoms with van der Waals surface area (Å²) in [5.74, 6) is 2.32. The maximum absolute atomic E-state index is 11.0. The normalized spacial score (nSPS) is 42.6. The fraction of sp³-hybridized carbons (Fsp3) is 0.909. The van der Waals surface area contributed by atoms with Crippen LogP contribution in [0.4, 0.5) is 0 Å². The lowest BCUT2D eigenvalue weighted by atomic mass is 9.52. The van der Waals surface area contributed by atoms with Crippen molar-refractivity contribution in [3.8, 4) is 0 Å². The second-order valence-electron chi connectivity index (χ2n) is 9.40. The molecular weight excluding hydrogens is 308 g/mol. The Morgan fingerprint density at radius 3 is 2.44 bits per heavy atom. The van der Waals surface area contributed by atoms with E-state index >= 15 is 0 Å². The molecule has 0 spiro atoms. The monoisotopic (exact) mass is 348 g/mol. The van der Waals surface area contributed by atoms with E-state index in [0.29, 0.717) is 23.7 Å². The highest BCUT2D eigenvalue weighted by atomic mass is 16.3. The van der Waals surface area contributed by atoms with E-state index in [4.69, 9.17) is 10.6 Å². The number of hydrogen-bond donors (Lipinski definition) is 1. The van der Waals surface area contributed by atoms with Crippen LogP contribution >= 0.6 is 0 Å². The third-order valence-corrected chi connectivity index (χ3v) is 7.40. The summed E-state index contributed by atoms with van der Waals surface area (Å²) >= 11 is 0. The van der Waals surface area contributed by atoms with Crippen LogP contribution in [0.1, 0.15) is 73.1 Å². The minimum absolute atomic E-state index is 0.0449. The maximum atomic E-state index is 11.0. The number of likely N-dealkylation sites (N-methyl/N-ethyl adjacent to an activating group) is 1. The Balaban J connectivity index is 2.26. The summed E-state index contributed by atoms with van der Waals surface area (Å²) < 4.78 is 0. The van der Waals surface area contributed by atoms with Crippen molar-refractivity contribution in [3.05, 3.63) is 22.3 Å². The SMILES string of the molecule is C[N-][C@@H]1[C@@H]2[C@@H](C(C)CCC=C(C)C)CC[C@](C)([N-]C)[C@H]2CC[C@@]1(C)O. The summed E-state index contributed by atoms with van der Waals surface area (Å²) in [6.45, 7) is 11.1. The molecule has 0 aromatic heterocycles. The van der Waals surface area contributed by atoms with Crippen LogP contribution in [0, 0.1) is 23.7 Å². The van der Waals surface area contributed by atoms with Gasteiger partial charge >= 0.3 is 0 Å². The number of allylic oxidation sites excluding steroid dienone is 2. The van der Waals surface area contributed by atoms with Crippen molar-refractivity contribution in [2.24, 2.45) is 23.7 Å². The van der Waals surface area contributed by atoms with Crippen LogP contribution in [-0.2, 0) is 0 Å². The fourth-order valence-electron chi connectivity index (χ4n) is 5.76. The molecule has 0 aromatic rings. The minimum atomic E-state index is -0.667. The van der Waals surface area contributed by atoms with E-state index in [1.54, 1.807) is 0 Å². The molecule has 0 saturated heterocycles. The number of rotatable bonds is 6. The van der Waals surface area contributed by atoms with E-state index in [2.05, 4.69) is 33.8 Å². The molecule has 7 atom stereocenters. The van der Waals surface area contributed by atoms with Gasteiger partial charge in [0.05, 0.1) is 0 Å². The van der Waals surface area contributed by atoms with Gasteiger partial charge in [-0.25, -0.2) is 0 Å². The van der Waals surface area contributed by atoms with Crippen molar-refractivity contribution in [2.45, 2.75) is 90.3 Å². The Hall–Kier alpha value is -0.380. The smallest absolute Gasteiger partial charge is 0.0463 e. The Morgan fingerprint density at radius 2 is 1.88 bits per heavy atom. The van der Waals surface area contributed by atoms with E-state index in [1.165, 1.54) is 24.8 Å². The lowest BCUT2D eigenvalue weighted by Gasteiger charge is -2.66. The quantitative estimate of drug-likeness (QED) is 0.616. The zero-order chi connectivity index (χ0) is 18.8. The third-order valence-electron chi connectivity index (χ3n) is 7.40. The molecule has 1 unspecified atom stereocenters. The Bertz CT molecular complexity index is 469. The largest absolute Gasteiger partial charge is 0.660 e. The highest BCUT2D eigenvalue weighted by Gasteiger charge is 2.50. The van der Waals surface area contributed by atoms with Gasteiger partial charge in [0.25, 0.3) is 0 Å². The summed E-state index contributed by atoms with van der Waals surface area (Å²) in [5, 5.41) is 20.6. The lowest BCUT2D eigenvalue weighted by molar-refractivity contribution is -0.0825. The van der Waals surface area contributed by atoms with Crippen molar-refractivity contribution >= 4 is 0 Å². The van der Waals surface area contributed by atoms with E-state index in [0.717, 1.165) is 19.3 Å². The van der Waals surface area contributed by atoms with Crippen molar-refractivity contribution in [1.82, 2.24) is 0 Å².